The Hall–Kier alpha value is -2.80. The van der Waals surface area contributed by atoms with E-state index in [-0.39, 0.29) is 5.69 Å². The Morgan fingerprint density at radius 3 is 2.38 bits per heavy atom. The molecule has 2 aromatic carbocycles. The van der Waals surface area contributed by atoms with Crippen molar-refractivity contribution in [2.24, 2.45) is 4.99 Å². The van der Waals surface area contributed by atoms with E-state index in [2.05, 4.69) is 15.0 Å². The van der Waals surface area contributed by atoms with Crippen molar-refractivity contribution < 1.29 is 18.3 Å². The quantitative estimate of drug-likeness (QED) is 0.590. The summed E-state index contributed by atoms with van der Waals surface area (Å²) >= 11 is 0. The van der Waals surface area contributed by atoms with Gasteiger partial charge in [-0.05, 0) is 36.5 Å². The molecule has 1 aromatic heterocycles. The summed E-state index contributed by atoms with van der Waals surface area (Å²) in [5.41, 5.74) is -2.49. The molecule has 0 radical (unpaired) electrons. The van der Waals surface area contributed by atoms with Gasteiger partial charge < -0.3 is 5.11 Å². The third-order valence-corrected chi connectivity index (χ3v) is 4.90. The van der Waals surface area contributed by atoms with E-state index in [9.17, 15) is 18.3 Å². The van der Waals surface area contributed by atoms with Crippen molar-refractivity contribution in [1.29, 1.82) is 0 Å². The summed E-state index contributed by atoms with van der Waals surface area (Å²) < 4.78 is 41.6. The first-order chi connectivity index (χ1) is 13.5. The molecule has 1 atom stereocenters. The minimum Gasteiger partial charge on any atom is -0.376 e. The minimum atomic E-state index is -4.89. The van der Waals surface area contributed by atoms with Crippen molar-refractivity contribution in [3.05, 3.63) is 66.1 Å². The van der Waals surface area contributed by atoms with Crippen LogP contribution in [0.2, 0.25) is 0 Å². The molecule has 1 heterocycles. The molecule has 7 heteroatoms. The molecule has 0 fully saturated rings. The maximum Gasteiger partial charge on any atom is 0.422 e. The highest BCUT2D eigenvalue weighted by molar-refractivity contribution is 5.91. The largest absolute Gasteiger partial charge is 0.422 e. The topological polar surface area (TPSA) is 58.4 Å². The molecule has 152 valence electrons. The van der Waals surface area contributed by atoms with Gasteiger partial charge in [0.05, 0.1) is 11.2 Å². The zero-order chi connectivity index (χ0) is 21.3. The first-order valence-electron chi connectivity index (χ1n) is 9.14. The number of aliphatic hydroxyl groups is 1. The lowest BCUT2D eigenvalue weighted by Gasteiger charge is -2.35. The molecule has 4 nitrogen and oxygen atoms in total. The van der Waals surface area contributed by atoms with Gasteiger partial charge in [-0.2, -0.15) is 13.2 Å². The number of aliphatic imine (C=N–C) groups is 1. The van der Waals surface area contributed by atoms with Crippen LogP contribution >= 0.6 is 0 Å². The van der Waals surface area contributed by atoms with Gasteiger partial charge in [-0.1, -0.05) is 50.2 Å². The number of benzene rings is 2. The zero-order valence-electron chi connectivity index (χ0n) is 16.4. The Bertz CT molecular complexity index is 1030. The van der Waals surface area contributed by atoms with Crippen molar-refractivity contribution in [2.45, 2.75) is 44.4 Å². The normalized spacial score (nSPS) is 15.0. The van der Waals surface area contributed by atoms with Gasteiger partial charge >= 0.3 is 6.18 Å². The summed E-state index contributed by atoms with van der Waals surface area (Å²) in [6, 6.07) is 13.8. The highest BCUT2D eigenvalue weighted by Gasteiger charge is 2.55. The average molecular weight is 401 g/mol. The van der Waals surface area contributed by atoms with Gasteiger partial charge in [0.15, 0.2) is 5.60 Å². The number of nitrogens with zero attached hydrogens (tertiary/aromatic N) is 3. The Morgan fingerprint density at radius 1 is 1.03 bits per heavy atom. The molecule has 0 aliphatic rings. The van der Waals surface area contributed by atoms with Crippen LogP contribution in [0.15, 0.2) is 59.7 Å². The van der Waals surface area contributed by atoms with E-state index in [1.807, 2.05) is 0 Å². The molecular weight excluding hydrogens is 379 g/mol. The molecule has 0 aliphatic carbocycles. The lowest BCUT2D eigenvalue weighted by atomic mass is 9.75. The second-order valence-corrected chi connectivity index (χ2v) is 7.73. The van der Waals surface area contributed by atoms with E-state index in [1.54, 1.807) is 69.3 Å². The van der Waals surface area contributed by atoms with E-state index in [4.69, 9.17) is 0 Å². The van der Waals surface area contributed by atoms with Crippen LogP contribution in [0.4, 0.5) is 18.9 Å². The monoisotopic (exact) mass is 401 g/mol. The number of aromatic nitrogens is 2. The van der Waals surface area contributed by atoms with Crippen LogP contribution in [0.1, 0.15) is 31.7 Å². The van der Waals surface area contributed by atoms with Crippen molar-refractivity contribution in [3.8, 4) is 0 Å². The number of rotatable bonds is 5. The molecular formula is C22H22F3N3O. The lowest BCUT2D eigenvalue weighted by Crippen LogP contribution is -2.50. The third-order valence-electron chi connectivity index (χ3n) is 4.90. The summed E-state index contributed by atoms with van der Waals surface area (Å²) in [5, 5.41) is 11.1. The average Bonchev–Trinajstić information content (AvgIpc) is 2.65. The fourth-order valence-electron chi connectivity index (χ4n) is 3.31. The number of alkyl halides is 3. The Morgan fingerprint density at radius 2 is 1.72 bits per heavy atom. The first kappa shape index (κ1) is 20.9. The highest BCUT2D eigenvalue weighted by atomic mass is 19.4. The van der Waals surface area contributed by atoms with E-state index in [0.717, 1.165) is 0 Å². The maximum atomic E-state index is 13.9. The smallest absolute Gasteiger partial charge is 0.376 e. The number of hydrogen-bond donors (Lipinski definition) is 1. The Labute approximate surface area is 167 Å². The molecule has 3 aromatic rings. The van der Waals surface area contributed by atoms with Crippen molar-refractivity contribution >= 4 is 22.8 Å². The van der Waals surface area contributed by atoms with Gasteiger partial charge in [-0.3, -0.25) is 4.99 Å². The Kier molecular flexibility index (Phi) is 5.45. The van der Waals surface area contributed by atoms with E-state index < -0.39 is 23.6 Å². The van der Waals surface area contributed by atoms with Crippen LogP contribution in [0.25, 0.3) is 10.9 Å². The number of hydrogen-bond acceptors (Lipinski definition) is 4. The first-order valence-corrected chi connectivity index (χ1v) is 9.14. The summed E-state index contributed by atoms with van der Waals surface area (Å²) in [6.07, 6.45) is -3.35. The summed E-state index contributed by atoms with van der Waals surface area (Å²) in [4.78, 5) is 12.4. The molecule has 0 saturated heterocycles. The van der Waals surface area contributed by atoms with Gasteiger partial charge in [0.1, 0.15) is 5.82 Å². The molecule has 29 heavy (non-hydrogen) atoms. The van der Waals surface area contributed by atoms with Crippen LogP contribution in [-0.4, -0.2) is 33.1 Å². The fourth-order valence-corrected chi connectivity index (χ4v) is 3.31. The molecule has 0 spiro atoms. The second-order valence-electron chi connectivity index (χ2n) is 7.73. The maximum absolute atomic E-state index is 13.9. The summed E-state index contributed by atoms with van der Waals surface area (Å²) in [7, 11) is 0. The predicted octanol–water partition coefficient (Wildman–Crippen LogP) is 5.30. The van der Waals surface area contributed by atoms with E-state index in [0.29, 0.717) is 28.5 Å². The van der Waals surface area contributed by atoms with E-state index >= 15 is 0 Å². The third kappa shape index (κ3) is 4.45. The van der Waals surface area contributed by atoms with Crippen LogP contribution < -0.4 is 0 Å². The molecule has 0 bridgehead atoms. The zero-order valence-corrected chi connectivity index (χ0v) is 16.4. The second kappa shape index (κ2) is 7.55. The van der Waals surface area contributed by atoms with Crippen molar-refractivity contribution in [3.63, 3.8) is 0 Å². The van der Waals surface area contributed by atoms with Gasteiger partial charge in [0.2, 0.25) is 0 Å². The van der Waals surface area contributed by atoms with E-state index in [1.165, 1.54) is 6.20 Å². The van der Waals surface area contributed by atoms with Crippen molar-refractivity contribution in [1.82, 2.24) is 9.97 Å². The molecule has 1 N–H and O–H groups in total. The summed E-state index contributed by atoms with van der Waals surface area (Å²) in [6.45, 7) is 5.06. The van der Waals surface area contributed by atoms with Crippen LogP contribution in [0, 0.1) is 6.92 Å². The van der Waals surface area contributed by atoms with Crippen LogP contribution in [0.5, 0.6) is 0 Å². The number of aryl methyl sites for hydroxylation is 1. The molecule has 0 aliphatic heterocycles. The van der Waals surface area contributed by atoms with Crippen molar-refractivity contribution in [2.75, 3.05) is 0 Å². The van der Waals surface area contributed by atoms with Gasteiger partial charge in [0.25, 0.3) is 0 Å². The minimum absolute atomic E-state index is 0.266. The molecule has 0 saturated carbocycles. The highest BCUT2D eigenvalue weighted by Crippen LogP contribution is 2.40. The molecule has 3 rings (SSSR count). The fraction of sp³-hybridized carbons (Fsp3) is 0.318. The SMILES string of the molecule is Cc1ncc2c(/N=C/C(O)(CC(C)(C)c3ccccc3)C(F)(F)F)cccc2n1. The predicted molar refractivity (Wildman–Crippen MR) is 108 cm³/mol. The van der Waals surface area contributed by atoms with Crippen LogP contribution in [-0.2, 0) is 5.41 Å². The number of halogens is 3. The van der Waals surface area contributed by atoms with Gasteiger partial charge in [-0.15, -0.1) is 0 Å². The number of fused-ring (bicyclic) bond motifs is 1. The van der Waals surface area contributed by atoms with Gasteiger partial charge in [0, 0.05) is 17.8 Å². The standard InChI is InChI=1S/C22H22F3N3O/c1-15-26-12-17-18(10-7-11-19(17)28-15)27-14-21(29,22(23,24)25)13-20(2,3)16-8-5-4-6-9-16/h4-12,14,29H,13H2,1-3H3/b27-14+. The lowest BCUT2D eigenvalue weighted by molar-refractivity contribution is -0.234. The summed E-state index contributed by atoms with van der Waals surface area (Å²) in [5.74, 6) is 0.551. The van der Waals surface area contributed by atoms with Gasteiger partial charge in [-0.25, -0.2) is 9.97 Å². The van der Waals surface area contributed by atoms with Crippen LogP contribution in [0.3, 0.4) is 0 Å². The Balaban J connectivity index is 2.00. The molecule has 0 amide bonds. The molecule has 1 unspecified atom stereocenters.